The summed E-state index contributed by atoms with van der Waals surface area (Å²) < 4.78 is 4.52. The van der Waals surface area contributed by atoms with Crippen molar-refractivity contribution in [3.63, 3.8) is 0 Å². The number of oxime groups is 1. The van der Waals surface area contributed by atoms with Crippen LogP contribution >= 0.6 is 0 Å². The highest BCUT2D eigenvalue weighted by Crippen LogP contribution is 2.11. The van der Waals surface area contributed by atoms with Crippen LogP contribution in [0.4, 0.5) is 0 Å². The van der Waals surface area contributed by atoms with Crippen molar-refractivity contribution in [1.29, 1.82) is 0 Å². The van der Waals surface area contributed by atoms with E-state index in [1.165, 1.54) is 6.39 Å². The number of nitrogens with one attached hydrogen (secondary N) is 1. The molecule has 1 atom stereocenters. The number of amides is 1. The molecule has 1 heterocycles. The summed E-state index contributed by atoms with van der Waals surface area (Å²) in [4.78, 5) is 15.6. The maximum Gasteiger partial charge on any atom is 0.231 e. The molecule has 0 aliphatic heterocycles. The fraction of sp³-hybridized carbons (Fsp3) is 0.556. The first kappa shape index (κ1) is 12.9. The lowest BCUT2D eigenvalue weighted by atomic mass is 9.94. The van der Waals surface area contributed by atoms with Gasteiger partial charge in [-0.1, -0.05) is 24.2 Å². The average Bonchev–Trinajstić information content (AvgIpc) is 2.78. The molecule has 0 spiro atoms. The van der Waals surface area contributed by atoms with E-state index < -0.39 is 5.92 Å². The van der Waals surface area contributed by atoms with Gasteiger partial charge in [-0.25, -0.2) is 0 Å². The molecule has 1 amide bonds. The third-order valence-electron chi connectivity index (χ3n) is 2.21. The summed E-state index contributed by atoms with van der Waals surface area (Å²) in [6.45, 7) is 3.74. The van der Waals surface area contributed by atoms with Crippen LogP contribution in [0.15, 0.2) is 16.1 Å². The minimum atomic E-state index is -0.688. The van der Waals surface area contributed by atoms with Crippen molar-refractivity contribution in [2.45, 2.75) is 20.4 Å². The zero-order chi connectivity index (χ0) is 12.8. The molecule has 8 heteroatoms. The standard InChI is InChI=1S/C9H15N5O3/c1-5(2)7(8(10)13-16)9(15)11-3-6-12-4-17-14-6/h4-5,7,16H,3H2,1-2H3,(H2,10,13)(H,11,15). The smallest absolute Gasteiger partial charge is 0.231 e. The van der Waals surface area contributed by atoms with Gasteiger partial charge in [-0.3, -0.25) is 4.79 Å². The van der Waals surface area contributed by atoms with Crippen LogP contribution in [-0.4, -0.2) is 27.1 Å². The number of hydrogen-bond donors (Lipinski definition) is 3. The van der Waals surface area contributed by atoms with Crippen LogP contribution in [0.3, 0.4) is 0 Å². The Morgan fingerprint density at radius 3 is 2.88 bits per heavy atom. The third-order valence-corrected chi connectivity index (χ3v) is 2.21. The summed E-state index contributed by atoms with van der Waals surface area (Å²) in [7, 11) is 0. The van der Waals surface area contributed by atoms with Crippen molar-refractivity contribution in [2.24, 2.45) is 22.7 Å². The average molecular weight is 241 g/mol. The maximum absolute atomic E-state index is 11.8. The van der Waals surface area contributed by atoms with E-state index >= 15 is 0 Å². The van der Waals surface area contributed by atoms with E-state index in [1.807, 2.05) is 0 Å². The predicted octanol–water partition coefficient (Wildman–Crippen LogP) is -0.296. The zero-order valence-electron chi connectivity index (χ0n) is 9.62. The van der Waals surface area contributed by atoms with Crippen molar-refractivity contribution in [2.75, 3.05) is 0 Å². The summed E-state index contributed by atoms with van der Waals surface area (Å²) in [5, 5.41) is 17.6. The van der Waals surface area contributed by atoms with E-state index in [4.69, 9.17) is 10.9 Å². The summed E-state index contributed by atoms with van der Waals surface area (Å²) in [5.41, 5.74) is 5.46. The monoisotopic (exact) mass is 241 g/mol. The topological polar surface area (TPSA) is 127 Å². The van der Waals surface area contributed by atoms with Crippen LogP contribution in [0.25, 0.3) is 0 Å². The minimum absolute atomic E-state index is 0.0869. The van der Waals surface area contributed by atoms with E-state index in [9.17, 15) is 4.79 Å². The first-order valence-corrected chi connectivity index (χ1v) is 5.06. The van der Waals surface area contributed by atoms with Crippen LogP contribution in [0.5, 0.6) is 0 Å². The summed E-state index contributed by atoms with van der Waals surface area (Å²) in [5.74, 6) is -0.880. The van der Waals surface area contributed by atoms with Crippen molar-refractivity contribution in [1.82, 2.24) is 15.5 Å². The number of nitrogens with two attached hydrogens (primary N) is 1. The molecule has 1 rings (SSSR count). The highest BCUT2D eigenvalue weighted by atomic mass is 16.5. The highest BCUT2D eigenvalue weighted by Gasteiger charge is 2.26. The fourth-order valence-electron chi connectivity index (χ4n) is 1.39. The number of aromatic nitrogens is 2. The molecular formula is C9H15N5O3. The van der Waals surface area contributed by atoms with Crippen molar-refractivity contribution >= 4 is 11.7 Å². The van der Waals surface area contributed by atoms with Gasteiger partial charge in [0.05, 0.1) is 6.54 Å². The third kappa shape index (κ3) is 3.44. The Bertz CT molecular complexity index is 387. The lowest BCUT2D eigenvalue weighted by molar-refractivity contribution is -0.124. The molecule has 4 N–H and O–H groups in total. The quantitative estimate of drug-likeness (QED) is 0.281. The largest absolute Gasteiger partial charge is 0.409 e. The van der Waals surface area contributed by atoms with Gasteiger partial charge in [0.15, 0.2) is 11.7 Å². The zero-order valence-corrected chi connectivity index (χ0v) is 9.62. The predicted molar refractivity (Wildman–Crippen MR) is 57.9 cm³/mol. The molecule has 8 nitrogen and oxygen atoms in total. The molecule has 0 aliphatic rings. The highest BCUT2D eigenvalue weighted by molar-refractivity contribution is 6.02. The minimum Gasteiger partial charge on any atom is -0.409 e. The van der Waals surface area contributed by atoms with Gasteiger partial charge in [0.2, 0.25) is 12.3 Å². The van der Waals surface area contributed by atoms with E-state index in [0.717, 1.165) is 0 Å². The molecule has 0 aliphatic carbocycles. The van der Waals surface area contributed by atoms with Gasteiger partial charge >= 0.3 is 0 Å². The molecule has 0 bridgehead atoms. The number of nitrogens with zero attached hydrogens (tertiary/aromatic N) is 3. The molecule has 17 heavy (non-hydrogen) atoms. The van der Waals surface area contributed by atoms with Crippen LogP contribution < -0.4 is 11.1 Å². The van der Waals surface area contributed by atoms with Gasteiger partial charge in [0.25, 0.3) is 0 Å². The second kappa shape index (κ2) is 5.83. The Labute approximate surface area is 97.9 Å². The van der Waals surface area contributed by atoms with E-state index in [0.29, 0.717) is 5.82 Å². The second-order valence-corrected chi connectivity index (χ2v) is 3.81. The first-order chi connectivity index (χ1) is 8.06. The van der Waals surface area contributed by atoms with Crippen LogP contribution in [0.1, 0.15) is 19.7 Å². The number of rotatable bonds is 5. The van der Waals surface area contributed by atoms with Gasteiger partial charge < -0.3 is 20.8 Å². The van der Waals surface area contributed by atoms with Crippen molar-refractivity contribution in [3.8, 4) is 0 Å². The Morgan fingerprint density at radius 1 is 1.71 bits per heavy atom. The van der Waals surface area contributed by atoms with E-state index in [2.05, 4.69) is 25.1 Å². The number of carbonyl (C=O) groups is 1. The van der Waals surface area contributed by atoms with E-state index in [1.54, 1.807) is 13.8 Å². The van der Waals surface area contributed by atoms with Crippen LogP contribution in [0.2, 0.25) is 0 Å². The molecule has 0 radical (unpaired) electrons. The van der Waals surface area contributed by atoms with E-state index in [-0.39, 0.29) is 24.2 Å². The summed E-state index contributed by atoms with van der Waals surface area (Å²) in [6.07, 6.45) is 1.17. The van der Waals surface area contributed by atoms with Gasteiger partial charge in [-0.05, 0) is 5.92 Å². The number of carbonyl (C=O) groups excluding carboxylic acids is 1. The lowest BCUT2D eigenvalue weighted by Crippen LogP contribution is -2.41. The molecule has 0 aromatic carbocycles. The SMILES string of the molecule is CC(C)C(C(=O)NCc1ncon1)C(N)=NO. The van der Waals surface area contributed by atoms with Gasteiger partial charge in [0, 0.05) is 0 Å². The van der Waals surface area contributed by atoms with Crippen molar-refractivity contribution in [3.05, 3.63) is 12.2 Å². The Balaban J connectivity index is 2.60. The van der Waals surface area contributed by atoms with Gasteiger partial charge in [-0.15, -0.1) is 0 Å². The Morgan fingerprint density at radius 2 is 2.41 bits per heavy atom. The van der Waals surface area contributed by atoms with Gasteiger partial charge in [-0.2, -0.15) is 4.98 Å². The summed E-state index contributed by atoms with van der Waals surface area (Å²) in [6, 6.07) is 0. The lowest BCUT2D eigenvalue weighted by Gasteiger charge is -2.18. The maximum atomic E-state index is 11.8. The fourth-order valence-corrected chi connectivity index (χ4v) is 1.39. The molecule has 0 saturated carbocycles. The summed E-state index contributed by atoms with van der Waals surface area (Å²) >= 11 is 0. The normalized spacial score (nSPS) is 13.7. The molecule has 0 fully saturated rings. The molecule has 0 saturated heterocycles. The van der Waals surface area contributed by atoms with Gasteiger partial charge in [0.1, 0.15) is 5.92 Å². The Hall–Kier alpha value is -2.12. The number of hydrogen-bond acceptors (Lipinski definition) is 6. The molecular weight excluding hydrogens is 226 g/mol. The van der Waals surface area contributed by atoms with Crippen LogP contribution in [-0.2, 0) is 11.3 Å². The number of amidine groups is 1. The molecule has 1 aromatic rings. The molecule has 94 valence electrons. The second-order valence-electron chi connectivity index (χ2n) is 3.81. The van der Waals surface area contributed by atoms with Crippen LogP contribution in [0, 0.1) is 11.8 Å². The first-order valence-electron chi connectivity index (χ1n) is 5.06. The van der Waals surface area contributed by atoms with Crippen molar-refractivity contribution < 1.29 is 14.5 Å². The molecule has 1 unspecified atom stereocenters. The molecule has 1 aromatic heterocycles. The Kier molecular flexibility index (Phi) is 4.44.